The summed E-state index contributed by atoms with van der Waals surface area (Å²) in [6.45, 7) is 5.06. The maximum Gasteiger partial charge on any atom is 0.320 e. The molecule has 2 saturated heterocycles. The first-order valence-corrected chi connectivity index (χ1v) is 5.82. The van der Waals surface area contributed by atoms with E-state index in [4.69, 9.17) is 5.11 Å². The van der Waals surface area contributed by atoms with Gasteiger partial charge in [-0.05, 0) is 12.3 Å². The summed E-state index contributed by atoms with van der Waals surface area (Å²) in [7, 11) is 0. The number of carbonyl (C=O) groups is 2. The summed E-state index contributed by atoms with van der Waals surface area (Å²) in [4.78, 5) is 26.0. The third-order valence-electron chi connectivity index (χ3n) is 3.39. The second kappa shape index (κ2) is 4.31. The third kappa shape index (κ3) is 2.28. The molecule has 1 atom stereocenters. The van der Waals surface area contributed by atoms with Gasteiger partial charge in [-0.25, -0.2) is 4.79 Å². The van der Waals surface area contributed by atoms with Gasteiger partial charge in [-0.1, -0.05) is 6.92 Å². The Morgan fingerprint density at radius 3 is 2.44 bits per heavy atom. The maximum atomic E-state index is 11.9. The molecule has 90 valence electrons. The van der Waals surface area contributed by atoms with E-state index in [9.17, 15) is 9.59 Å². The van der Waals surface area contributed by atoms with Crippen LogP contribution in [0.15, 0.2) is 0 Å². The van der Waals surface area contributed by atoms with Crippen molar-refractivity contribution in [3.8, 4) is 0 Å². The zero-order valence-electron chi connectivity index (χ0n) is 9.56. The predicted molar refractivity (Wildman–Crippen MR) is 58.1 cm³/mol. The Hall–Kier alpha value is -1.26. The summed E-state index contributed by atoms with van der Waals surface area (Å²) in [5.74, 6) is -0.0200. The van der Waals surface area contributed by atoms with Gasteiger partial charge in [0.15, 0.2) is 0 Å². The number of carboxylic acids is 1. The molecular formula is C11H18N2O3. The Bertz CT molecular complexity index is 300. The average Bonchev–Trinajstić information content (AvgIpc) is 2.56. The van der Waals surface area contributed by atoms with Gasteiger partial charge in [0.05, 0.1) is 6.42 Å². The van der Waals surface area contributed by atoms with Gasteiger partial charge in [0.1, 0.15) is 0 Å². The van der Waals surface area contributed by atoms with Crippen LogP contribution in [0.1, 0.15) is 19.8 Å². The van der Waals surface area contributed by atoms with Crippen molar-refractivity contribution in [1.29, 1.82) is 0 Å². The number of amides is 2. The summed E-state index contributed by atoms with van der Waals surface area (Å²) >= 11 is 0. The van der Waals surface area contributed by atoms with Gasteiger partial charge < -0.3 is 14.9 Å². The number of rotatable bonds is 2. The molecule has 5 heteroatoms. The topological polar surface area (TPSA) is 60.9 Å². The summed E-state index contributed by atoms with van der Waals surface area (Å²) in [6.07, 6.45) is 1.26. The van der Waals surface area contributed by atoms with Crippen LogP contribution in [-0.4, -0.2) is 53.1 Å². The fourth-order valence-electron chi connectivity index (χ4n) is 2.41. The lowest BCUT2D eigenvalue weighted by Crippen LogP contribution is -2.54. The first-order valence-electron chi connectivity index (χ1n) is 5.82. The Balaban J connectivity index is 1.75. The molecule has 0 aromatic heterocycles. The van der Waals surface area contributed by atoms with E-state index in [0.717, 1.165) is 19.5 Å². The lowest BCUT2D eigenvalue weighted by atomic mass is 9.97. The lowest BCUT2D eigenvalue weighted by molar-refractivity contribution is -0.139. The van der Waals surface area contributed by atoms with Crippen LogP contribution in [0, 0.1) is 11.8 Å². The standard InChI is InChI=1S/C11H18N2O3/c1-8-2-3-12(5-8)11(16)13-6-9(7-13)4-10(14)15/h8-9H,2-7H2,1H3,(H,14,15). The van der Waals surface area contributed by atoms with Crippen LogP contribution >= 0.6 is 0 Å². The van der Waals surface area contributed by atoms with Crippen LogP contribution in [0.3, 0.4) is 0 Å². The number of carbonyl (C=O) groups excluding carboxylic acids is 1. The van der Waals surface area contributed by atoms with Gasteiger partial charge in [-0.2, -0.15) is 0 Å². The number of urea groups is 1. The Kier molecular flexibility index (Phi) is 3.03. The van der Waals surface area contributed by atoms with E-state index in [1.54, 1.807) is 4.90 Å². The molecule has 0 radical (unpaired) electrons. The molecule has 5 nitrogen and oxygen atoms in total. The molecule has 0 bridgehead atoms. The molecular weight excluding hydrogens is 208 g/mol. The van der Waals surface area contributed by atoms with E-state index in [1.807, 2.05) is 4.90 Å². The van der Waals surface area contributed by atoms with Crippen molar-refractivity contribution in [3.05, 3.63) is 0 Å². The lowest BCUT2D eigenvalue weighted by Gasteiger charge is -2.40. The Labute approximate surface area is 95.0 Å². The molecule has 0 aromatic carbocycles. The number of carboxylic acid groups (broad SMARTS) is 1. The van der Waals surface area contributed by atoms with E-state index in [0.29, 0.717) is 19.0 Å². The number of nitrogens with zero attached hydrogens (tertiary/aromatic N) is 2. The Morgan fingerprint density at radius 1 is 1.25 bits per heavy atom. The largest absolute Gasteiger partial charge is 0.481 e. The number of hydrogen-bond acceptors (Lipinski definition) is 2. The predicted octanol–water partition coefficient (Wildman–Crippen LogP) is 0.855. The molecule has 0 aliphatic carbocycles. The van der Waals surface area contributed by atoms with Crippen molar-refractivity contribution >= 4 is 12.0 Å². The highest BCUT2D eigenvalue weighted by Gasteiger charge is 2.35. The van der Waals surface area contributed by atoms with Gasteiger partial charge >= 0.3 is 12.0 Å². The molecule has 2 fully saturated rings. The van der Waals surface area contributed by atoms with Crippen LogP contribution < -0.4 is 0 Å². The van der Waals surface area contributed by atoms with Crippen molar-refractivity contribution in [2.45, 2.75) is 19.8 Å². The van der Waals surface area contributed by atoms with Crippen LogP contribution in [0.25, 0.3) is 0 Å². The minimum absolute atomic E-state index is 0.0889. The Morgan fingerprint density at radius 2 is 1.94 bits per heavy atom. The molecule has 2 heterocycles. The fraction of sp³-hybridized carbons (Fsp3) is 0.818. The molecule has 2 aliphatic heterocycles. The quantitative estimate of drug-likeness (QED) is 0.759. The summed E-state index contributed by atoms with van der Waals surface area (Å²) < 4.78 is 0. The normalized spacial score (nSPS) is 25.7. The highest BCUT2D eigenvalue weighted by atomic mass is 16.4. The van der Waals surface area contributed by atoms with E-state index in [2.05, 4.69) is 6.92 Å². The minimum atomic E-state index is -0.771. The molecule has 0 aromatic rings. The van der Waals surface area contributed by atoms with Crippen LogP contribution in [0.5, 0.6) is 0 Å². The molecule has 1 N–H and O–H groups in total. The summed E-state index contributed by atoms with van der Waals surface area (Å²) in [5.41, 5.74) is 0. The van der Waals surface area contributed by atoms with E-state index in [1.165, 1.54) is 0 Å². The SMILES string of the molecule is CC1CCN(C(=O)N2CC(CC(=O)O)C2)C1. The van der Waals surface area contributed by atoms with Crippen LogP contribution in [-0.2, 0) is 4.79 Å². The molecule has 0 spiro atoms. The number of likely N-dealkylation sites (tertiary alicyclic amines) is 2. The second-order valence-corrected chi connectivity index (χ2v) is 4.99. The minimum Gasteiger partial charge on any atom is -0.481 e. The van der Waals surface area contributed by atoms with Crippen LogP contribution in [0.4, 0.5) is 4.79 Å². The molecule has 2 aliphatic rings. The average molecular weight is 226 g/mol. The summed E-state index contributed by atoms with van der Waals surface area (Å²) in [5, 5.41) is 8.61. The van der Waals surface area contributed by atoms with E-state index >= 15 is 0 Å². The second-order valence-electron chi connectivity index (χ2n) is 4.99. The molecule has 2 rings (SSSR count). The molecule has 16 heavy (non-hydrogen) atoms. The highest BCUT2D eigenvalue weighted by molar-refractivity contribution is 5.76. The first-order chi connectivity index (χ1) is 7.56. The number of hydrogen-bond donors (Lipinski definition) is 1. The van der Waals surface area contributed by atoms with Crippen molar-refractivity contribution in [1.82, 2.24) is 9.80 Å². The number of aliphatic carboxylic acids is 1. The first kappa shape index (κ1) is 11.2. The molecule has 1 unspecified atom stereocenters. The van der Waals surface area contributed by atoms with Crippen LogP contribution in [0.2, 0.25) is 0 Å². The van der Waals surface area contributed by atoms with Gasteiger partial charge in [0.2, 0.25) is 0 Å². The fourth-order valence-corrected chi connectivity index (χ4v) is 2.41. The van der Waals surface area contributed by atoms with E-state index < -0.39 is 5.97 Å². The van der Waals surface area contributed by atoms with Gasteiger partial charge in [0.25, 0.3) is 0 Å². The van der Waals surface area contributed by atoms with Gasteiger partial charge in [-0.15, -0.1) is 0 Å². The maximum absolute atomic E-state index is 11.9. The van der Waals surface area contributed by atoms with Gasteiger partial charge in [-0.3, -0.25) is 4.79 Å². The van der Waals surface area contributed by atoms with Crippen molar-refractivity contribution in [3.63, 3.8) is 0 Å². The van der Waals surface area contributed by atoms with Gasteiger partial charge in [0, 0.05) is 32.1 Å². The zero-order valence-corrected chi connectivity index (χ0v) is 9.56. The summed E-state index contributed by atoms with van der Waals surface area (Å²) in [6, 6.07) is 0.0889. The van der Waals surface area contributed by atoms with Crippen molar-refractivity contribution in [2.75, 3.05) is 26.2 Å². The highest BCUT2D eigenvalue weighted by Crippen LogP contribution is 2.23. The zero-order chi connectivity index (χ0) is 11.7. The molecule has 0 saturated carbocycles. The van der Waals surface area contributed by atoms with Crippen molar-refractivity contribution in [2.24, 2.45) is 11.8 Å². The molecule has 2 amide bonds. The van der Waals surface area contributed by atoms with E-state index in [-0.39, 0.29) is 18.4 Å². The third-order valence-corrected chi connectivity index (χ3v) is 3.39. The van der Waals surface area contributed by atoms with Crippen molar-refractivity contribution < 1.29 is 14.7 Å². The smallest absolute Gasteiger partial charge is 0.320 e. The monoisotopic (exact) mass is 226 g/mol.